The molecule has 2 fully saturated rings. The lowest BCUT2D eigenvalue weighted by molar-refractivity contribution is -0.141. The van der Waals surface area contributed by atoms with Crippen molar-refractivity contribution in [1.29, 1.82) is 0 Å². The molecule has 0 aromatic rings. The quantitative estimate of drug-likeness (QED) is 0.723. The summed E-state index contributed by atoms with van der Waals surface area (Å²) in [5.41, 5.74) is 0. The van der Waals surface area contributed by atoms with Crippen molar-refractivity contribution < 1.29 is 9.53 Å². The summed E-state index contributed by atoms with van der Waals surface area (Å²) in [7, 11) is 1.47. The second-order valence-corrected chi connectivity index (χ2v) is 6.47. The molecule has 0 radical (unpaired) electrons. The van der Waals surface area contributed by atoms with Gasteiger partial charge in [-0.3, -0.25) is 14.6 Å². The van der Waals surface area contributed by atoms with Crippen LogP contribution in [0.25, 0.3) is 0 Å². The molecule has 1 saturated carbocycles. The van der Waals surface area contributed by atoms with Gasteiger partial charge in [0.25, 0.3) is 0 Å². The van der Waals surface area contributed by atoms with Crippen LogP contribution in [0.5, 0.6) is 0 Å². The summed E-state index contributed by atoms with van der Waals surface area (Å²) < 4.78 is 4.71. The number of esters is 1. The molecule has 1 saturated heterocycles. The number of carbonyl (C=O) groups is 1. The van der Waals surface area contributed by atoms with Crippen LogP contribution in [0, 0.1) is 5.92 Å². The Morgan fingerprint density at radius 3 is 2.60 bits per heavy atom. The SMILES string of the molecule is COC(=O)CCN1CCN(CC2CCCCC2)[C@@H](C)C1. The molecule has 4 heteroatoms. The highest BCUT2D eigenvalue weighted by Gasteiger charge is 2.26. The summed E-state index contributed by atoms with van der Waals surface area (Å²) >= 11 is 0. The Kier molecular flexibility index (Phi) is 6.30. The molecule has 1 heterocycles. The van der Waals surface area contributed by atoms with Crippen molar-refractivity contribution in [2.75, 3.05) is 39.8 Å². The molecular formula is C16H30N2O2. The van der Waals surface area contributed by atoms with Gasteiger partial charge in [-0.15, -0.1) is 0 Å². The van der Waals surface area contributed by atoms with Crippen LogP contribution in [-0.2, 0) is 9.53 Å². The van der Waals surface area contributed by atoms with Crippen LogP contribution in [0.4, 0.5) is 0 Å². The molecule has 1 atom stereocenters. The number of rotatable bonds is 5. The Morgan fingerprint density at radius 2 is 1.95 bits per heavy atom. The third-order valence-corrected chi connectivity index (χ3v) is 4.93. The summed E-state index contributed by atoms with van der Waals surface area (Å²) in [5, 5.41) is 0. The maximum atomic E-state index is 11.2. The number of hydrogen-bond donors (Lipinski definition) is 0. The lowest BCUT2D eigenvalue weighted by Crippen LogP contribution is -2.53. The van der Waals surface area contributed by atoms with Gasteiger partial charge in [-0.05, 0) is 25.7 Å². The lowest BCUT2D eigenvalue weighted by Gasteiger charge is -2.41. The molecule has 0 amide bonds. The van der Waals surface area contributed by atoms with Gasteiger partial charge in [0.15, 0.2) is 0 Å². The minimum absolute atomic E-state index is 0.0951. The van der Waals surface area contributed by atoms with Crippen LogP contribution in [0.15, 0.2) is 0 Å². The second kappa shape index (κ2) is 7.99. The molecule has 2 rings (SSSR count). The zero-order valence-corrected chi connectivity index (χ0v) is 13.1. The third kappa shape index (κ3) is 4.74. The first-order valence-corrected chi connectivity index (χ1v) is 8.22. The molecule has 1 aliphatic carbocycles. The highest BCUT2D eigenvalue weighted by atomic mass is 16.5. The predicted molar refractivity (Wildman–Crippen MR) is 80.7 cm³/mol. The zero-order valence-electron chi connectivity index (χ0n) is 13.1. The fourth-order valence-electron chi connectivity index (χ4n) is 3.60. The fourth-order valence-corrected chi connectivity index (χ4v) is 3.60. The van der Waals surface area contributed by atoms with Crippen LogP contribution in [0.3, 0.4) is 0 Å². The summed E-state index contributed by atoms with van der Waals surface area (Å²) in [6.07, 6.45) is 7.67. The number of ether oxygens (including phenoxy) is 1. The predicted octanol–water partition coefficient (Wildman–Crippen LogP) is 2.14. The average Bonchev–Trinajstić information content (AvgIpc) is 2.48. The molecule has 0 bridgehead atoms. The first-order valence-electron chi connectivity index (χ1n) is 8.22. The van der Waals surface area contributed by atoms with Crippen molar-refractivity contribution in [3.05, 3.63) is 0 Å². The van der Waals surface area contributed by atoms with Gasteiger partial charge in [-0.25, -0.2) is 0 Å². The Bertz CT molecular complexity index is 303. The van der Waals surface area contributed by atoms with Gasteiger partial charge in [-0.2, -0.15) is 0 Å². The van der Waals surface area contributed by atoms with E-state index in [2.05, 4.69) is 16.7 Å². The van der Waals surface area contributed by atoms with Crippen molar-refractivity contribution in [2.45, 2.75) is 51.5 Å². The van der Waals surface area contributed by atoms with Gasteiger partial charge in [0.2, 0.25) is 0 Å². The smallest absolute Gasteiger partial charge is 0.306 e. The second-order valence-electron chi connectivity index (χ2n) is 6.47. The molecular weight excluding hydrogens is 252 g/mol. The van der Waals surface area contributed by atoms with Gasteiger partial charge in [0, 0.05) is 38.8 Å². The van der Waals surface area contributed by atoms with E-state index >= 15 is 0 Å². The van der Waals surface area contributed by atoms with Crippen LogP contribution >= 0.6 is 0 Å². The average molecular weight is 282 g/mol. The van der Waals surface area contributed by atoms with E-state index in [0.29, 0.717) is 12.5 Å². The monoisotopic (exact) mass is 282 g/mol. The Balaban J connectivity index is 1.70. The van der Waals surface area contributed by atoms with Crippen molar-refractivity contribution in [2.24, 2.45) is 5.92 Å². The minimum Gasteiger partial charge on any atom is -0.469 e. The molecule has 0 aromatic heterocycles. The first-order chi connectivity index (χ1) is 9.69. The van der Waals surface area contributed by atoms with E-state index in [4.69, 9.17) is 4.74 Å². The lowest BCUT2D eigenvalue weighted by atomic mass is 9.88. The van der Waals surface area contributed by atoms with E-state index in [0.717, 1.165) is 32.1 Å². The Morgan fingerprint density at radius 1 is 1.20 bits per heavy atom. The molecule has 116 valence electrons. The number of piperazine rings is 1. The summed E-state index contributed by atoms with van der Waals surface area (Å²) in [5.74, 6) is 0.829. The van der Waals surface area contributed by atoms with E-state index in [-0.39, 0.29) is 5.97 Å². The fraction of sp³-hybridized carbons (Fsp3) is 0.938. The number of methoxy groups -OCH3 is 1. The minimum atomic E-state index is -0.0951. The Hall–Kier alpha value is -0.610. The Labute approximate surface area is 123 Å². The molecule has 1 aliphatic heterocycles. The van der Waals surface area contributed by atoms with Gasteiger partial charge in [0.05, 0.1) is 13.5 Å². The summed E-state index contributed by atoms with van der Waals surface area (Å²) in [4.78, 5) is 16.3. The van der Waals surface area contributed by atoms with Gasteiger partial charge in [0.1, 0.15) is 0 Å². The standard InChI is InChI=1S/C16H30N2O2/c1-14-12-17(9-8-16(19)20-2)10-11-18(14)13-15-6-4-3-5-7-15/h14-15H,3-13H2,1-2H3/t14-/m0/s1. The van der Waals surface area contributed by atoms with Crippen molar-refractivity contribution in [3.63, 3.8) is 0 Å². The third-order valence-electron chi connectivity index (χ3n) is 4.93. The summed E-state index contributed by atoms with van der Waals surface area (Å²) in [6.45, 7) is 7.78. The number of nitrogens with zero attached hydrogens (tertiary/aromatic N) is 2. The van der Waals surface area contributed by atoms with E-state index in [1.54, 1.807) is 0 Å². The van der Waals surface area contributed by atoms with Gasteiger partial charge >= 0.3 is 5.97 Å². The maximum Gasteiger partial charge on any atom is 0.306 e. The van der Waals surface area contributed by atoms with Crippen molar-refractivity contribution in [1.82, 2.24) is 9.80 Å². The molecule has 20 heavy (non-hydrogen) atoms. The topological polar surface area (TPSA) is 32.8 Å². The van der Waals surface area contributed by atoms with E-state index in [1.165, 1.54) is 45.8 Å². The van der Waals surface area contributed by atoms with E-state index in [1.807, 2.05) is 0 Å². The van der Waals surface area contributed by atoms with Gasteiger partial charge < -0.3 is 4.74 Å². The molecule has 0 N–H and O–H groups in total. The van der Waals surface area contributed by atoms with Crippen LogP contribution in [0.2, 0.25) is 0 Å². The van der Waals surface area contributed by atoms with Gasteiger partial charge in [-0.1, -0.05) is 19.3 Å². The highest BCUT2D eigenvalue weighted by Crippen LogP contribution is 2.25. The van der Waals surface area contributed by atoms with E-state index < -0.39 is 0 Å². The molecule has 4 nitrogen and oxygen atoms in total. The zero-order chi connectivity index (χ0) is 14.4. The molecule has 0 spiro atoms. The van der Waals surface area contributed by atoms with Crippen LogP contribution < -0.4 is 0 Å². The maximum absolute atomic E-state index is 11.2. The van der Waals surface area contributed by atoms with E-state index in [9.17, 15) is 4.79 Å². The van der Waals surface area contributed by atoms with Crippen molar-refractivity contribution >= 4 is 5.97 Å². The number of carbonyl (C=O) groups excluding carboxylic acids is 1. The normalized spacial score (nSPS) is 26.6. The first kappa shape index (κ1) is 15.8. The highest BCUT2D eigenvalue weighted by molar-refractivity contribution is 5.69. The van der Waals surface area contributed by atoms with Crippen LogP contribution in [-0.4, -0.2) is 61.6 Å². The van der Waals surface area contributed by atoms with Crippen molar-refractivity contribution in [3.8, 4) is 0 Å². The molecule has 2 aliphatic rings. The van der Waals surface area contributed by atoms with Crippen LogP contribution in [0.1, 0.15) is 45.4 Å². The summed E-state index contributed by atoms with van der Waals surface area (Å²) in [6, 6.07) is 0.614. The molecule has 0 aromatic carbocycles. The molecule has 0 unspecified atom stereocenters. The number of hydrogen-bond acceptors (Lipinski definition) is 4. The largest absolute Gasteiger partial charge is 0.469 e.